The molecule has 2 heterocycles. The van der Waals surface area contributed by atoms with Crippen LogP contribution in [0.25, 0.3) is 0 Å². The fourth-order valence-corrected chi connectivity index (χ4v) is 3.46. The Bertz CT molecular complexity index is 585. The van der Waals surface area contributed by atoms with Crippen molar-refractivity contribution >= 4 is 17.5 Å². The van der Waals surface area contributed by atoms with Crippen LogP contribution in [0.15, 0.2) is 24.3 Å². The first kappa shape index (κ1) is 15.0. The molecule has 0 spiro atoms. The number of hydrogen-bond acceptors (Lipinski definition) is 3. The van der Waals surface area contributed by atoms with Crippen LogP contribution in [0.5, 0.6) is 0 Å². The van der Waals surface area contributed by atoms with Crippen LogP contribution in [-0.2, 0) is 9.59 Å². The van der Waals surface area contributed by atoms with Gasteiger partial charge < -0.3 is 15.3 Å². The topological polar surface area (TPSA) is 69.6 Å². The molecule has 118 valence electrons. The predicted molar refractivity (Wildman–Crippen MR) is 83.4 cm³/mol. The Balaban J connectivity index is 1.81. The van der Waals surface area contributed by atoms with Crippen LogP contribution < -0.4 is 5.32 Å². The number of carbonyl (C=O) groups excluding carboxylic acids is 2. The minimum atomic E-state index is -0.405. The average Bonchev–Trinajstić information content (AvgIpc) is 2.53. The second-order valence-electron chi connectivity index (χ2n) is 6.32. The summed E-state index contributed by atoms with van der Waals surface area (Å²) in [5.41, 5.74) is 1.63. The SMILES string of the molecule is CC(O)C1CCCN(C(=O)C2CC(=O)Nc3ccccc32)C1. The summed E-state index contributed by atoms with van der Waals surface area (Å²) in [5, 5.41) is 12.6. The number of likely N-dealkylation sites (tertiary alicyclic amines) is 1. The highest BCUT2D eigenvalue weighted by Crippen LogP contribution is 2.34. The molecule has 0 bridgehead atoms. The van der Waals surface area contributed by atoms with Crippen molar-refractivity contribution < 1.29 is 14.7 Å². The summed E-state index contributed by atoms with van der Waals surface area (Å²) in [7, 11) is 0. The molecule has 0 saturated carbocycles. The molecule has 2 N–H and O–H groups in total. The Morgan fingerprint density at radius 2 is 2.18 bits per heavy atom. The molecule has 0 aliphatic carbocycles. The highest BCUT2D eigenvalue weighted by molar-refractivity contribution is 6.01. The molecule has 0 aromatic heterocycles. The highest BCUT2D eigenvalue weighted by Gasteiger charge is 2.35. The first-order chi connectivity index (χ1) is 10.6. The standard InChI is InChI=1S/C17H22N2O3/c1-11(20)12-5-4-8-19(10-12)17(22)14-9-16(21)18-15-7-3-2-6-13(14)15/h2-3,6-7,11-12,14,20H,4-5,8-10H2,1H3,(H,18,21). The van der Waals surface area contributed by atoms with Crippen LogP contribution in [-0.4, -0.2) is 41.0 Å². The van der Waals surface area contributed by atoms with Crippen molar-refractivity contribution in [3.63, 3.8) is 0 Å². The fourth-order valence-electron chi connectivity index (χ4n) is 3.46. The summed E-state index contributed by atoms with van der Waals surface area (Å²) < 4.78 is 0. The lowest BCUT2D eigenvalue weighted by Gasteiger charge is -2.37. The number of carbonyl (C=O) groups is 2. The van der Waals surface area contributed by atoms with E-state index in [1.165, 1.54) is 0 Å². The first-order valence-corrected chi connectivity index (χ1v) is 7.92. The number of hydrogen-bond donors (Lipinski definition) is 2. The van der Waals surface area contributed by atoms with Crippen molar-refractivity contribution in [2.45, 2.75) is 38.2 Å². The van der Waals surface area contributed by atoms with E-state index in [-0.39, 0.29) is 24.2 Å². The Kier molecular flexibility index (Phi) is 4.16. The summed E-state index contributed by atoms with van der Waals surface area (Å²) in [4.78, 5) is 26.6. The molecule has 22 heavy (non-hydrogen) atoms. The smallest absolute Gasteiger partial charge is 0.230 e. The third-order valence-corrected chi connectivity index (χ3v) is 4.75. The Hall–Kier alpha value is -1.88. The van der Waals surface area contributed by atoms with E-state index in [0.29, 0.717) is 13.1 Å². The van der Waals surface area contributed by atoms with E-state index in [9.17, 15) is 14.7 Å². The number of fused-ring (bicyclic) bond motifs is 1. The van der Waals surface area contributed by atoms with Gasteiger partial charge in [0.05, 0.1) is 12.0 Å². The minimum Gasteiger partial charge on any atom is -0.393 e. The van der Waals surface area contributed by atoms with Gasteiger partial charge in [-0.3, -0.25) is 9.59 Å². The van der Waals surface area contributed by atoms with E-state index in [0.717, 1.165) is 24.1 Å². The van der Waals surface area contributed by atoms with Gasteiger partial charge in [-0.1, -0.05) is 18.2 Å². The predicted octanol–water partition coefficient (Wildman–Crippen LogP) is 1.73. The number of rotatable bonds is 2. The van der Waals surface area contributed by atoms with Crippen molar-refractivity contribution in [2.24, 2.45) is 5.92 Å². The zero-order chi connectivity index (χ0) is 15.7. The maximum Gasteiger partial charge on any atom is 0.230 e. The normalized spacial score (nSPS) is 26.1. The number of para-hydroxylation sites is 1. The molecule has 0 radical (unpaired) electrons. The molecular weight excluding hydrogens is 280 g/mol. The zero-order valence-electron chi connectivity index (χ0n) is 12.8. The van der Waals surface area contributed by atoms with Crippen molar-refractivity contribution in [1.29, 1.82) is 0 Å². The lowest BCUT2D eigenvalue weighted by atomic mass is 9.87. The largest absolute Gasteiger partial charge is 0.393 e. The van der Waals surface area contributed by atoms with Gasteiger partial charge in [0.15, 0.2) is 0 Å². The molecule has 1 saturated heterocycles. The quantitative estimate of drug-likeness (QED) is 0.874. The van der Waals surface area contributed by atoms with Gasteiger partial charge >= 0.3 is 0 Å². The van der Waals surface area contributed by atoms with Crippen molar-refractivity contribution in [3.8, 4) is 0 Å². The first-order valence-electron chi connectivity index (χ1n) is 7.92. The molecule has 5 nitrogen and oxygen atoms in total. The molecular formula is C17H22N2O3. The summed E-state index contributed by atoms with van der Waals surface area (Å²) in [5.74, 6) is -0.378. The van der Waals surface area contributed by atoms with E-state index in [1.807, 2.05) is 29.2 Å². The van der Waals surface area contributed by atoms with E-state index < -0.39 is 12.0 Å². The van der Waals surface area contributed by atoms with E-state index in [2.05, 4.69) is 5.32 Å². The lowest BCUT2D eigenvalue weighted by molar-refractivity contribution is -0.137. The van der Waals surface area contributed by atoms with Crippen LogP contribution in [0, 0.1) is 5.92 Å². The Labute approximate surface area is 130 Å². The molecule has 1 aromatic rings. The van der Waals surface area contributed by atoms with Gasteiger partial charge in [0.2, 0.25) is 11.8 Å². The highest BCUT2D eigenvalue weighted by atomic mass is 16.3. The monoisotopic (exact) mass is 302 g/mol. The number of benzene rings is 1. The number of amides is 2. The molecule has 5 heteroatoms. The second kappa shape index (κ2) is 6.08. The van der Waals surface area contributed by atoms with Crippen LogP contribution in [0.1, 0.15) is 37.7 Å². The van der Waals surface area contributed by atoms with E-state index in [4.69, 9.17) is 0 Å². The van der Waals surface area contributed by atoms with Crippen molar-refractivity contribution in [2.75, 3.05) is 18.4 Å². The molecule has 3 unspecified atom stereocenters. The number of aliphatic hydroxyl groups excluding tert-OH is 1. The van der Waals surface area contributed by atoms with Gasteiger partial charge in [0.25, 0.3) is 0 Å². The molecule has 2 aliphatic heterocycles. The number of piperidine rings is 1. The molecule has 2 aliphatic rings. The average molecular weight is 302 g/mol. The molecule has 3 rings (SSSR count). The Morgan fingerprint density at radius 3 is 2.95 bits per heavy atom. The molecule has 2 amide bonds. The zero-order valence-corrected chi connectivity index (χ0v) is 12.8. The van der Waals surface area contributed by atoms with Gasteiger partial charge in [0.1, 0.15) is 0 Å². The lowest BCUT2D eigenvalue weighted by Crippen LogP contribution is -2.46. The summed E-state index contributed by atoms with van der Waals surface area (Å²) in [6.45, 7) is 3.07. The van der Waals surface area contributed by atoms with Gasteiger partial charge in [-0.2, -0.15) is 0 Å². The van der Waals surface area contributed by atoms with Crippen LogP contribution >= 0.6 is 0 Å². The molecule has 1 fully saturated rings. The minimum absolute atomic E-state index is 0.00708. The van der Waals surface area contributed by atoms with Crippen molar-refractivity contribution in [1.82, 2.24) is 4.90 Å². The summed E-state index contributed by atoms with van der Waals surface area (Å²) >= 11 is 0. The summed E-state index contributed by atoms with van der Waals surface area (Å²) in [6, 6.07) is 7.50. The number of anilines is 1. The Morgan fingerprint density at radius 1 is 1.41 bits per heavy atom. The van der Waals surface area contributed by atoms with E-state index in [1.54, 1.807) is 6.92 Å². The maximum atomic E-state index is 12.9. The van der Waals surface area contributed by atoms with Gasteiger partial charge in [-0.15, -0.1) is 0 Å². The number of aliphatic hydroxyl groups is 1. The molecule has 3 atom stereocenters. The third kappa shape index (κ3) is 2.86. The fraction of sp³-hybridized carbons (Fsp3) is 0.529. The van der Waals surface area contributed by atoms with Gasteiger partial charge in [-0.25, -0.2) is 0 Å². The van der Waals surface area contributed by atoms with Crippen molar-refractivity contribution in [3.05, 3.63) is 29.8 Å². The maximum absolute atomic E-state index is 12.9. The van der Waals surface area contributed by atoms with Gasteiger partial charge in [-0.05, 0) is 31.4 Å². The van der Waals surface area contributed by atoms with Gasteiger partial charge in [0, 0.05) is 31.1 Å². The third-order valence-electron chi connectivity index (χ3n) is 4.75. The second-order valence-corrected chi connectivity index (χ2v) is 6.32. The number of nitrogens with zero attached hydrogens (tertiary/aromatic N) is 1. The summed E-state index contributed by atoms with van der Waals surface area (Å²) in [6.07, 6.45) is 1.65. The molecule has 1 aromatic carbocycles. The van der Waals surface area contributed by atoms with E-state index >= 15 is 0 Å². The van der Waals surface area contributed by atoms with Crippen LogP contribution in [0.3, 0.4) is 0 Å². The van der Waals surface area contributed by atoms with Crippen LogP contribution in [0.4, 0.5) is 5.69 Å². The number of nitrogens with one attached hydrogen (secondary N) is 1. The van der Waals surface area contributed by atoms with Crippen LogP contribution in [0.2, 0.25) is 0 Å².